The fourth-order valence-corrected chi connectivity index (χ4v) is 2.08. The number of phenolic OH excluding ortho intramolecular Hbond substituents is 1. The summed E-state index contributed by atoms with van der Waals surface area (Å²) in [4.78, 5) is 0. The van der Waals surface area contributed by atoms with E-state index in [1.54, 1.807) is 12.1 Å². The molecular weight excluding hydrogens is 267 g/mol. The van der Waals surface area contributed by atoms with Gasteiger partial charge in [-0.3, -0.25) is 0 Å². The lowest BCUT2D eigenvalue weighted by Crippen LogP contribution is -1.96. The number of aromatic nitrogens is 2. The Labute approximate surface area is 121 Å². The smallest absolute Gasteiger partial charge is 0.165 e. The molecule has 0 radical (unpaired) electrons. The molecule has 1 N–H and O–H groups in total. The number of phenols is 1. The van der Waals surface area contributed by atoms with Crippen LogP contribution in [0.15, 0.2) is 60.7 Å². The van der Waals surface area contributed by atoms with Gasteiger partial charge in [0.25, 0.3) is 0 Å². The topological polar surface area (TPSA) is 46.0 Å². The maximum Gasteiger partial charge on any atom is 0.165 e. The van der Waals surface area contributed by atoms with Crippen LogP contribution in [0.1, 0.15) is 11.3 Å². The quantitative estimate of drug-likeness (QED) is 0.797. The van der Waals surface area contributed by atoms with Gasteiger partial charge < -0.3 is 5.11 Å². The van der Waals surface area contributed by atoms with Crippen LogP contribution in [0.4, 0.5) is 4.39 Å². The third-order valence-corrected chi connectivity index (χ3v) is 3.19. The lowest BCUT2D eigenvalue weighted by Gasteiger charge is -2.04. The van der Waals surface area contributed by atoms with Gasteiger partial charge in [-0.25, -0.2) is 4.39 Å². The molecule has 3 aromatic rings. The summed E-state index contributed by atoms with van der Waals surface area (Å²) >= 11 is 0. The standard InChI is InChI=1S/C17H13FN2O/c18-15-11-13(6-9-17(15)21)16-8-7-14(19-20-16)10-12-4-2-1-3-5-12/h1-9,11,21H,10H2. The molecule has 0 aliphatic rings. The SMILES string of the molecule is Oc1ccc(-c2ccc(Cc3ccccc3)nn2)cc1F. The monoisotopic (exact) mass is 280 g/mol. The van der Waals surface area contributed by atoms with Gasteiger partial charge in [-0.05, 0) is 35.9 Å². The summed E-state index contributed by atoms with van der Waals surface area (Å²) in [6.45, 7) is 0. The van der Waals surface area contributed by atoms with Crippen LogP contribution in [0.25, 0.3) is 11.3 Å². The van der Waals surface area contributed by atoms with E-state index in [-0.39, 0.29) is 5.75 Å². The molecule has 4 heteroatoms. The van der Waals surface area contributed by atoms with Gasteiger partial charge >= 0.3 is 0 Å². The number of hydrogen-bond donors (Lipinski definition) is 1. The van der Waals surface area contributed by atoms with Gasteiger partial charge in [-0.15, -0.1) is 0 Å². The zero-order chi connectivity index (χ0) is 14.7. The third kappa shape index (κ3) is 3.05. The Hall–Kier alpha value is -2.75. The van der Waals surface area contributed by atoms with E-state index in [0.717, 1.165) is 11.3 Å². The molecule has 0 unspecified atom stereocenters. The predicted octanol–water partition coefficient (Wildman–Crippen LogP) is 3.58. The molecule has 0 bridgehead atoms. The summed E-state index contributed by atoms with van der Waals surface area (Å²) < 4.78 is 13.3. The van der Waals surface area contributed by atoms with Crippen LogP contribution in [0.2, 0.25) is 0 Å². The number of benzene rings is 2. The molecular formula is C17H13FN2O. The maximum absolute atomic E-state index is 13.3. The summed E-state index contributed by atoms with van der Waals surface area (Å²) in [6, 6.07) is 17.8. The van der Waals surface area contributed by atoms with E-state index in [0.29, 0.717) is 17.7 Å². The molecule has 0 fully saturated rings. The Morgan fingerprint density at radius 2 is 1.71 bits per heavy atom. The summed E-state index contributed by atoms with van der Waals surface area (Å²) in [5.41, 5.74) is 3.18. The van der Waals surface area contributed by atoms with Crippen LogP contribution in [-0.2, 0) is 6.42 Å². The zero-order valence-electron chi connectivity index (χ0n) is 11.2. The van der Waals surface area contributed by atoms with E-state index in [4.69, 9.17) is 0 Å². The van der Waals surface area contributed by atoms with Crippen molar-refractivity contribution in [2.45, 2.75) is 6.42 Å². The molecule has 0 saturated heterocycles. The molecule has 0 aliphatic carbocycles. The van der Waals surface area contributed by atoms with Crippen molar-refractivity contribution in [3.05, 3.63) is 77.7 Å². The number of rotatable bonds is 3. The van der Waals surface area contributed by atoms with Crippen molar-refractivity contribution in [3.63, 3.8) is 0 Å². The molecule has 2 aromatic carbocycles. The molecule has 21 heavy (non-hydrogen) atoms. The second-order valence-electron chi connectivity index (χ2n) is 4.74. The zero-order valence-corrected chi connectivity index (χ0v) is 11.2. The van der Waals surface area contributed by atoms with Crippen LogP contribution in [-0.4, -0.2) is 15.3 Å². The largest absolute Gasteiger partial charge is 0.505 e. The highest BCUT2D eigenvalue weighted by molar-refractivity contribution is 5.59. The minimum absolute atomic E-state index is 0.368. The van der Waals surface area contributed by atoms with Crippen LogP contribution in [0.3, 0.4) is 0 Å². The highest BCUT2D eigenvalue weighted by Gasteiger charge is 2.06. The van der Waals surface area contributed by atoms with E-state index in [1.807, 2.05) is 36.4 Å². The van der Waals surface area contributed by atoms with E-state index in [2.05, 4.69) is 10.2 Å². The normalized spacial score (nSPS) is 10.5. The lowest BCUT2D eigenvalue weighted by atomic mass is 10.1. The highest BCUT2D eigenvalue weighted by Crippen LogP contribution is 2.23. The number of hydrogen-bond acceptors (Lipinski definition) is 3. The van der Waals surface area contributed by atoms with E-state index >= 15 is 0 Å². The molecule has 0 atom stereocenters. The van der Waals surface area contributed by atoms with Crippen LogP contribution < -0.4 is 0 Å². The fourth-order valence-electron chi connectivity index (χ4n) is 2.08. The summed E-state index contributed by atoms with van der Waals surface area (Å²) in [6.07, 6.45) is 0.706. The predicted molar refractivity (Wildman–Crippen MR) is 78.3 cm³/mol. The number of aromatic hydroxyl groups is 1. The van der Waals surface area contributed by atoms with Crippen molar-refractivity contribution in [1.82, 2.24) is 10.2 Å². The van der Waals surface area contributed by atoms with Gasteiger partial charge in [0.1, 0.15) is 0 Å². The van der Waals surface area contributed by atoms with Gasteiger partial charge in [0.05, 0.1) is 11.4 Å². The van der Waals surface area contributed by atoms with Crippen LogP contribution in [0, 0.1) is 5.82 Å². The number of nitrogens with zero attached hydrogens (tertiary/aromatic N) is 2. The average Bonchev–Trinajstić information content (AvgIpc) is 2.52. The average molecular weight is 280 g/mol. The van der Waals surface area contributed by atoms with Crippen molar-refractivity contribution in [3.8, 4) is 17.0 Å². The first-order valence-corrected chi connectivity index (χ1v) is 6.58. The molecule has 1 aromatic heterocycles. The first kappa shape index (κ1) is 13.2. The molecule has 3 rings (SSSR count). The molecule has 0 amide bonds. The van der Waals surface area contributed by atoms with Crippen LogP contribution >= 0.6 is 0 Å². The van der Waals surface area contributed by atoms with Crippen molar-refractivity contribution in [2.24, 2.45) is 0 Å². The Morgan fingerprint density at radius 1 is 0.905 bits per heavy atom. The summed E-state index contributed by atoms with van der Waals surface area (Å²) in [7, 11) is 0. The van der Waals surface area contributed by atoms with Crippen molar-refractivity contribution in [2.75, 3.05) is 0 Å². The maximum atomic E-state index is 13.3. The van der Waals surface area contributed by atoms with Gasteiger partial charge in [-0.2, -0.15) is 10.2 Å². The molecule has 0 aliphatic heterocycles. The van der Waals surface area contributed by atoms with Crippen LogP contribution in [0.5, 0.6) is 5.75 Å². The second kappa shape index (κ2) is 5.71. The third-order valence-electron chi connectivity index (χ3n) is 3.19. The van der Waals surface area contributed by atoms with Gasteiger partial charge in [-0.1, -0.05) is 30.3 Å². The van der Waals surface area contributed by atoms with Gasteiger partial charge in [0.2, 0.25) is 0 Å². The van der Waals surface area contributed by atoms with E-state index in [1.165, 1.54) is 12.1 Å². The molecule has 0 saturated carbocycles. The van der Waals surface area contributed by atoms with Gasteiger partial charge in [0, 0.05) is 12.0 Å². The minimum atomic E-state index is -0.664. The lowest BCUT2D eigenvalue weighted by molar-refractivity contribution is 0.432. The first-order valence-electron chi connectivity index (χ1n) is 6.58. The fraction of sp³-hybridized carbons (Fsp3) is 0.0588. The van der Waals surface area contributed by atoms with E-state index < -0.39 is 5.82 Å². The summed E-state index contributed by atoms with van der Waals surface area (Å²) in [5, 5.41) is 17.5. The van der Waals surface area contributed by atoms with E-state index in [9.17, 15) is 9.50 Å². The Morgan fingerprint density at radius 3 is 2.38 bits per heavy atom. The number of halogens is 1. The molecule has 0 spiro atoms. The Balaban J connectivity index is 1.82. The second-order valence-corrected chi connectivity index (χ2v) is 4.74. The Kier molecular flexibility index (Phi) is 3.60. The van der Waals surface area contributed by atoms with Crippen molar-refractivity contribution < 1.29 is 9.50 Å². The molecule has 104 valence electrons. The molecule has 3 nitrogen and oxygen atoms in total. The first-order chi connectivity index (χ1) is 10.2. The molecule has 1 heterocycles. The van der Waals surface area contributed by atoms with Gasteiger partial charge in [0.15, 0.2) is 11.6 Å². The van der Waals surface area contributed by atoms with Crippen molar-refractivity contribution >= 4 is 0 Å². The Bertz CT molecular complexity index is 742. The summed E-state index contributed by atoms with van der Waals surface area (Å²) in [5.74, 6) is -1.03. The minimum Gasteiger partial charge on any atom is -0.505 e. The highest BCUT2D eigenvalue weighted by atomic mass is 19.1. The van der Waals surface area contributed by atoms with Crippen molar-refractivity contribution in [1.29, 1.82) is 0 Å².